The molecule has 0 saturated carbocycles. The summed E-state index contributed by atoms with van der Waals surface area (Å²) in [5.41, 5.74) is 3.90. The van der Waals surface area contributed by atoms with Crippen LogP contribution >= 0.6 is 0 Å². The Hall–Kier alpha value is -2.92. The van der Waals surface area contributed by atoms with E-state index in [-0.39, 0.29) is 11.6 Å². The fourth-order valence-electron chi connectivity index (χ4n) is 3.73. The van der Waals surface area contributed by atoms with E-state index < -0.39 is 0 Å². The Kier molecular flexibility index (Phi) is 4.77. The van der Waals surface area contributed by atoms with E-state index in [9.17, 15) is 4.79 Å². The van der Waals surface area contributed by atoms with Crippen molar-refractivity contribution >= 4 is 5.95 Å². The first-order valence-electron chi connectivity index (χ1n) is 9.29. The summed E-state index contributed by atoms with van der Waals surface area (Å²) in [4.78, 5) is 20.4. The molecule has 0 bridgehead atoms. The highest BCUT2D eigenvalue weighted by atomic mass is 16.1. The molecule has 0 aliphatic carbocycles. The molecule has 0 atom stereocenters. The first kappa shape index (κ1) is 17.5. The van der Waals surface area contributed by atoms with Crippen LogP contribution in [0.4, 0.5) is 5.95 Å². The SMILES string of the molecule is CN(C)c1nc2c(c(=O)n1C(c1ccccc1)c1ccccc1)CCNC2. The van der Waals surface area contributed by atoms with Crippen LogP contribution in [0, 0.1) is 0 Å². The average molecular weight is 360 g/mol. The quantitative estimate of drug-likeness (QED) is 0.777. The average Bonchev–Trinajstić information content (AvgIpc) is 2.71. The second kappa shape index (κ2) is 7.37. The lowest BCUT2D eigenvalue weighted by Gasteiger charge is -2.29. The van der Waals surface area contributed by atoms with Gasteiger partial charge in [0.2, 0.25) is 5.95 Å². The molecule has 0 saturated heterocycles. The largest absolute Gasteiger partial charge is 0.348 e. The molecule has 1 aromatic heterocycles. The van der Waals surface area contributed by atoms with Crippen LogP contribution in [-0.4, -0.2) is 30.2 Å². The van der Waals surface area contributed by atoms with E-state index in [1.54, 1.807) is 0 Å². The maximum absolute atomic E-state index is 13.6. The Morgan fingerprint density at radius 3 is 2.15 bits per heavy atom. The van der Waals surface area contributed by atoms with Crippen molar-refractivity contribution < 1.29 is 0 Å². The van der Waals surface area contributed by atoms with Gasteiger partial charge in [0.25, 0.3) is 5.56 Å². The minimum atomic E-state index is -0.218. The summed E-state index contributed by atoms with van der Waals surface area (Å²) in [6.45, 7) is 1.46. The Labute approximate surface area is 159 Å². The molecule has 0 unspecified atom stereocenters. The van der Waals surface area contributed by atoms with E-state index in [4.69, 9.17) is 4.98 Å². The number of nitrogens with one attached hydrogen (secondary N) is 1. The number of fused-ring (bicyclic) bond motifs is 1. The van der Waals surface area contributed by atoms with Crippen LogP contribution in [0.15, 0.2) is 65.5 Å². The van der Waals surface area contributed by atoms with Crippen molar-refractivity contribution in [1.29, 1.82) is 0 Å². The zero-order valence-electron chi connectivity index (χ0n) is 15.7. The fraction of sp³-hybridized carbons (Fsp3) is 0.273. The van der Waals surface area contributed by atoms with Gasteiger partial charge in [0, 0.05) is 26.2 Å². The molecule has 5 heteroatoms. The highest BCUT2D eigenvalue weighted by molar-refractivity contribution is 5.41. The molecule has 138 valence electrons. The predicted molar refractivity (Wildman–Crippen MR) is 108 cm³/mol. The summed E-state index contributed by atoms with van der Waals surface area (Å²) >= 11 is 0. The third-order valence-corrected chi connectivity index (χ3v) is 5.01. The molecule has 1 N–H and O–H groups in total. The highest BCUT2D eigenvalue weighted by Gasteiger charge is 2.26. The minimum absolute atomic E-state index is 0.0582. The van der Waals surface area contributed by atoms with Crippen molar-refractivity contribution in [3.63, 3.8) is 0 Å². The first-order chi connectivity index (χ1) is 13.2. The first-order valence-corrected chi connectivity index (χ1v) is 9.29. The van der Waals surface area contributed by atoms with Gasteiger partial charge in [-0.1, -0.05) is 60.7 Å². The normalized spacial score (nSPS) is 13.4. The van der Waals surface area contributed by atoms with Gasteiger partial charge in [-0.25, -0.2) is 4.98 Å². The van der Waals surface area contributed by atoms with Crippen molar-refractivity contribution in [2.45, 2.75) is 19.0 Å². The van der Waals surface area contributed by atoms with Gasteiger partial charge < -0.3 is 10.2 Å². The number of nitrogens with zero attached hydrogens (tertiary/aromatic N) is 3. The van der Waals surface area contributed by atoms with Crippen molar-refractivity contribution in [2.75, 3.05) is 25.5 Å². The van der Waals surface area contributed by atoms with E-state index in [1.807, 2.05) is 60.0 Å². The molecular formula is C22H24N4O. The Morgan fingerprint density at radius 1 is 1.00 bits per heavy atom. The Balaban J connectivity index is 2.01. The van der Waals surface area contributed by atoms with Crippen molar-refractivity contribution in [1.82, 2.24) is 14.9 Å². The third-order valence-electron chi connectivity index (χ3n) is 5.01. The molecule has 2 heterocycles. The lowest BCUT2D eigenvalue weighted by molar-refractivity contribution is 0.571. The standard InChI is InChI=1S/C22H24N4O/c1-25(2)22-24-19-15-23-14-13-18(19)21(27)26(22)20(16-9-5-3-6-10-16)17-11-7-4-8-12-17/h3-12,20,23H,13-15H2,1-2H3. The van der Waals surface area contributed by atoms with Crippen LogP contribution in [0.1, 0.15) is 28.4 Å². The van der Waals surface area contributed by atoms with E-state index >= 15 is 0 Å². The van der Waals surface area contributed by atoms with Crippen LogP contribution in [0.2, 0.25) is 0 Å². The molecule has 4 rings (SSSR count). The van der Waals surface area contributed by atoms with Crippen LogP contribution in [0.25, 0.3) is 0 Å². The Bertz CT molecular complexity index is 941. The molecule has 1 aliphatic heterocycles. The molecule has 3 aromatic rings. The van der Waals surface area contributed by atoms with E-state index in [1.165, 1.54) is 0 Å². The second-order valence-electron chi connectivity index (χ2n) is 7.06. The summed E-state index contributed by atoms with van der Waals surface area (Å²) in [7, 11) is 3.88. The molecule has 0 radical (unpaired) electrons. The summed E-state index contributed by atoms with van der Waals surface area (Å²) in [6, 6.07) is 20.1. The van der Waals surface area contributed by atoms with Gasteiger partial charge in [0.15, 0.2) is 0 Å². The van der Waals surface area contributed by atoms with Gasteiger partial charge in [-0.3, -0.25) is 9.36 Å². The molecule has 0 amide bonds. The van der Waals surface area contributed by atoms with Gasteiger partial charge in [-0.2, -0.15) is 0 Å². The molecular weight excluding hydrogens is 336 g/mol. The van der Waals surface area contributed by atoms with Crippen LogP contribution in [0.3, 0.4) is 0 Å². The van der Waals surface area contributed by atoms with E-state index in [2.05, 4.69) is 29.6 Å². The molecule has 5 nitrogen and oxygen atoms in total. The molecule has 27 heavy (non-hydrogen) atoms. The lowest BCUT2D eigenvalue weighted by atomic mass is 9.97. The van der Waals surface area contributed by atoms with Crippen molar-refractivity contribution in [3.05, 3.63) is 93.4 Å². The molecule has 2 aromatic carbocycles. The van der Waals surface area contributed by atoms with Gasteiger partial charge in [0.1, 0.15) is 0 Å². The van der Waals surface area contributed by atoms with Gasteiger partial charge in [0.05, 0.1) is 11.7 Å². The number of hydrogen-bond acceptors (Lipinski definition) is 4. The smallest absolute Gasteiger partial charge is 0.259 e. The van der Waals surface area contributed by atoms with Gasteiger partial charge in [-0.15, -0.1) is 0 Å². The minimum Gasteiger partial charge on any atom is -0.348 e. The van der Waals surface area contributed by atoms with E-state index in [0.717, 1.165) is 28.9 Å². The van der Waals surface area contributed by atoms with Crippen LogP contribution in [0.5, 0.6) is 0 Å². The maximum atomic E-state index is 13.6. The molecule has 0 fully saturated rings. The number of rotatable bonds is 4. The number of anilines is 1. The fourth-order valence-corrected chi connectivity index (χ4v) is 3.73. The summed E-state index contributed by atoms with van der Waals surface area (Å²) in [6.07, 6.45) is 0.713. The van der Waals surface area contributed by atoms with E-state index in [0.29, 0.717) is 18.9 Å². The van der Waals surface area contributed by atoms with Crippen molar-refractivity contribution in [2.24, 2.45) is 0 Å². The summed E-state index contributed by atoms with van der Waals surface area (Å²) in [5.74, 6) is 0.681. The third kappa shape index (κ3) is 3.26. The topological polar surface area (TPSA) is 50.2 Å². The molecule has 0 spiro atoms. The van der Waals surface area contributed by atoms with Crippen LogP contribution in [-0.2, 0) is 13.0 Å². The number of aromatic nitrogens is 2. The Morgan fingerprint density at radius 2 is 1.59 bits per heavy atom. The van der Waals surface area contributed by atoms with Crippen molar-refractivity contribution in [3.8, 4) is 0 Å². The van der Waals surface area contributed by atoms with Crippen LogP contribution < -0.4 is 15.8 Å². The summed E-state index contributed by atoms with van der Waals surface area (Å²) in [5, 5.41) is 3.32. The van der Waals surface area contributed by atoms with Gasteiger partial charge >= 0.3 is 0 Å². The predicted octanol–water partition coefficient (Wildman–Crippen LogP) is 2.59. The zero-order chi connectivity index (χ0) is 18.8. The highest BCUT2D eigenvalue weighted by Crippen LogP contribution is 2.29. The van der Waals surface area contributed by atoms with Gasteiger partial charge in [-0.05, 0) is 24.1 Å². The summed E-state index contributed by atoms with van der Waals surface area (Å²) < 4.78 is 1.86. The second-order valence-corrected chi connectivity index (χ2v) is 7.06. The molecule has 1 aliphatic rings. The lowest BCUT2D eigenvalue weighted by Crippen LogP contribution is -2.39. The number of benzene rings is 2. The number of hydrogen-bond donors (Lipinski definition) is 1. The zero-order valence-corrected chi connectivity index (χ0v) is 15.7. The monoisotopic (exact) mass is 360 g/mol. The maximum Gasteiger partial charge on any atom is 0.259 e.